The van der Waals surface area contributed by atoms with Crippen molar-refractivity contribution in [2.24, 2.45) is 5.92 Å². The van der Waals surface area contributed by atoms with Crippen LogP contribution in [0.5, 0.6) is 5.75 Å². The normalized spacial score (nSPS) is 18.7. The van der Waals surface area contributed by atoms with Gasteiger partial charge in [-0.1, -0.05) is 25.0 Å². The number of amides is 2. The van der Waals surface area contributed by atoms with Gasteiger partial charge < -0.3 is 14.5 Å². The van der Waals surface area contributed by atoms with E-state index in [0.717, 1.165) is 50.1 Å². The molecular weight excluding hydrogens is 328 g/mol. The minimum absolute atomic E-state index is 0.183. The molecule has 0 bridgehead atoms. The van der Waals surface area contributed by atoms with E-state index in [2.05, 4.69) is 0 Å². The zero-order valence-electron chi connectivity index (χ0n) is 15.8. The average Bonchev–Trinajstić information content (AvgIpc) is 3.10. The largest absolute Gasteiger partial charge is 0.497 e. The smallest absolute Gasteiger partial charge is 0.225 e. The van der Waals surface area contributed by atoms with Gasteiger partial charge in [-0.3, -0.25) is 9.59 Å². The SMILES string of the molecule is COc1cccc(CCC(=O)N2CCCN(C(=O)C3CCCC3)CC2)c1. The van der Waals surface area contributed by atoms with Crippen LogP contribution >= 0.6 is 0 Å². The van der Waals surface area contributed by atoms with E-state index < -0.39 is 0 Å². The van der Waals surface area contributed by atoms with E-state index in [1.807, 2.05) is 34.1 Å². The average molecular weight is 358 g/mol. The number of aryl methyl sites for hydroxylation is 1. The first-order chi connectivity index (χ1) is 12.7. The third kappa shape index (κ3) is 4.77. The summed E-state index contributed by atoms with van der Waals surface area (Å²) < 4.78 is 5.24. The maximum Gasteiger partial charge on any atom is 0.225 e. The topological polar surface area (TPSA) is 49.9 Å². The predicted molar refractivity (Wildman–Crippen MR) is 101 cm³/mol. The Hall–Kier alpha value is -2.04. The third-order valence-corrected chi connectivity index (χ3v) is 5.63. The Kier molecular flexibility index (Phi) is 6.53. The van der Waals surface area contributed by atoms with Gasteiger partial charge in [0.2, 0.25) is 11.8 Å². The highest BCUT2D eigenvalue weighted by atomic mass is 16.5. The summed E-state index contributed by atoms with van der Waals surface area (Å²) in [5.74, 6) is 1.55. The fourth-order valence-electron chi connectivity index (χ4n) is 4.06. The van der Waals surface area contributed by atoms with Crippen molar-refractivity contribution in [3.8, 4) is 5.75 Å². The van der Waals surface area contributed by atoms with Crippen molar-refractivity contribution in [3.05, 3.63) is 29.8 Å². The third-order valence-electron chi connectivity index (χ3n) is 5.63. The Morgan fingerprint density at radius 1 is 1.04 bits per heavy atom. The molecule has 1 heterocycles. The van der Waals surface area contributed by atoms with Crippen molar-refractivity contribution < 1.29 is 14.3 Å². The second-order valence-corrected chi connectivity index (χ2v) is 7.39. The van der Waals surface area contributed by atoms with Crippen LogP contribution in [0, 0.1) is 5.92 Å². The number of carbonyl (C=O) groups is 2. The molecule has 1 aliphatic heterocycles. The molecule has 5 heteroatoms. The van der Waals surface area contributed by atoms with Crippen molar-refractivity contribution >= 4 is 11.8 Å². The number of nitrogens with zero attached hydrogens (tertiary/aromatic N) is 2. The Bertz CT molecular complexity index is 625. The van der Waals surface area contributed by atoms with Gasteiger partial charge in [-0.25, -0.2) is 0 Å². The zero-order chi connectivity index (χ0) is 18.4. The van der Waals surface area contributed by atoms with E-state index in [1.165, 1.54) is 12.8 Å². The molecule has 1 aliphatic carbocycles. The second-order valence-electron chi connectivity index (χ2n) is 7.39. The summed E-state index contributed by atoms with van der Waals surface area (Å²) in [4.78, 5) is 29.1. The first kappa shape index (κ1) is 18.7. The zero-order valence-corrected chi connectivity index (χ0v) is 15.8. The number of rotatable bonds is 5. The van der Waals surface area contributed by atoms with Crippen molar-refractivity contribution in [3.63, 3.8) is 0 Å². The van der Waals surface area contributed by atoms with E-state index in [9.17, 15) is 9.59 Å². The summed E-state index contributed by atoms with van der Waals surface area (Å²) in [6, 6.07) is 7.88. The molecule has 2 fully saturated rings. The summed E-state index contributed by atoms with van der Waals surface area (Å²) in [6.45, 7) is 2.88. The van der Waals surface area contributed by atoms with Gasteiger partial charge in [0.15, 0.2) is 0 Å². The van der Waals surface area contributed by atoms with E-state index in [-0.39, 0.29) is 11.8 Å². The maximum atomic E-state index is 12.6. The van der Waals surface area contributed by atoms with E-state index in [0.29, 0.717) is 25.4 Å². The van der Waals surface area contributed by atoms with Crippen LogP contribution in [0.15, 0.2) is 24.3 Å². The van der Waals surface area contributed by atoms with Gasteiger partial charge in [-0.2, -0.15) is 0 Å². The van der Waals surface area contributed by atoms with Crippen LogP contribution in [0.3, 0.4) is 0 Å². The Morgan fingerprint density at radius 2 is 1.77 bits per heavy atom. The maximum absolute atomic E-state index is 12.6. The molecule has 142 valence electrons. The van der Waals surface area contributed by atoms with Crippen LogP contribution in [-0.4, -0.2) is 54.9 Å². The molecule has 1 saturated carbocycles. The minimum atomic E-state index is 0.183. The van der Waals surface area contributed by atoms with Gasteiger partial charge >= 0.3 is 0 Å². The molecule has 1 saturated heterocycles. The number of methoxy groups -OCH3 is 1. The summed E-state index contributed by atoms with van der Waals surface area (Å²) in [7, 11) is 1.65. The Morgan fingerprint density at radius 3 is 2.54 bits per heavy atom. The van der Waals surface area contributed by atoms with Crippen LogP contribution in [0.4, 0.5) is 0 Å². The number of hydrogen-bond donors (Lipinski definition) is 0. The van der Waals surface area contributed by atoms with Crippen molar-refractivity contribution in [2.75, 3.05) is 33.3 Å². The lowest BCUT2D eigenvalue weighted by Crippen LogP contribution is -2.39. The molecule has 1 aromatic rings. The predicted octanol–water partition coefficient (Wildman–Crippen LogP) is 2.88. The van der Waals surface area contributed by atoms with Crippen LogP contribution < -0.4 is 4.74 Å². The van der Waals surface area contributed by atoms with Gasteiger partial charge in [-0.05, 0) is 43.4 Å². The molecule has 2 amide bonds. The van der Waals surface area contributed by atoms with Gasteiger partial charge in [0, 0.05) is 38.5 Å². The number of carbonyl (C=O) groups excluding carboxylic acids is 2. The van der Waals surface area contributed by atoms with E-state index in [1.54, 1.807) is 7.11 Å². The Labute approximate surface area is 156 Å². The van der Waals surface area contributed by atoms with E-state index >= 15 is 0 Å². The quantitative estimate of drug-likeness (QED) is 0.813. The van der Waals surface area contributed by atoms with Gasteiger partial charge in [-0.15, -0.1) is 0 Å². The lowest BCUT2D eigenvalue weighted by Gasteiger charge is -2.24. The number of ether oxygens (including phenoxy) is 1. The van der Waals surface area contributed by atoms with Crippen LogP contribution in [0.1, 0.15) is 44.1 Å². The lowest BCUT2D eigenvalue weighted by molar-refractivity contribution is -0.136. The van der Waals surface area contributed by atoms with Crippen LogP contribution in [0.25, 0.3) is 0 Å². The number of benzene rings is 1. The lowest BCUT2D eigenvalue weighted by atomic mass is 10.1. The van der Waals surface area contributed by atoms with Gasteiger partial charge in [0.25, 0.3) is 0 Å². The molecule has 0 aromatic heterocycles. The Balaban J connectivity index is 1.48. The summed E-state index contributed by atoms with van der Waals surface area (Å²) in [5, 5.41) is 0. The first-order valence-corrected chi connectivity index (χ1v) is 9.87. The van der Waals surface area contributed by atoms with Crippen molar-refractivity contribution in [1.82, 2.24) is 9.80 Å². The van der Waals surface area contributed by atoms with Crippen molar-refractivity contribution in [2.45, 2.75) is 44.9 Å². The second kappa shape index (κ2) is 9.06. The first-order valence-electron chi connectivity index (χ1n) is 9.87. The fraction of sp³-hybridized carbons (Fsp3) is 0.619. The minimum Gasteiger partial charge on any atom is -0.497 e. The molecule has 0 spiro atoms. The molecule has 5 nitrogen and oxygen atoms in total. The molecule has 26 heavy (non-hydrogen) atoms. The monoisotopic (exact) mass is 358 g/mol. The highest BCUT2D eigenvalue weighted by molar-refractivity contribution is 5.79. The molecule has 3 rings (SSSR count). The molecule has 2 aliphatic rings. The molecule has 0 N–H and O–H groups in total. The van der Waals surface area contributed by atoms with E-state index in [4.69, 9.17) is 4.74 Å². The molecule has 0 unspecified atom stereocenters. The summed E-state index contributed by atoms with van der Waals surface area (Å²) >= 11 is 0. The van der Waals surface area contributed by atoms with Crippen molar-refractivity contribution in [1.29, 1.82) is 0 Å². The van der Waals surface area contributed by atoms with Gasteiger partial charge in [0.05, 0.1) is 7.11 Å². The van der Waals surface area contributed by atoms with Gasteiger partial charge in [0.1, 0.15) is 5.75 Å². The number of hydrogen-bond acceptors (Lipinski definition) is 3. The molecule has 0 atom stereocenters. The highest BCUT2D eigenvalue weighted by Gasteiger charge is 2.29. The summed E-state index contributed by atoms with van der Waals surface area (Å²) in [6.07, 6.45) is 6.54. The molecular formula is C21H30N2O3. The van der Waals surface area contributed by atoms with Crippen LogP contribution in [-0.2, 0) is 16.0 Å². The fourth-order valence-corrected chi connectivity index (χ4v) is 4.06. The standard InChI is InChI=1S/C21H30N2O3/c1-26-19-9-4-6-17(16-19)10-11-20(24)22-12-5-13-23(15-14-22)21(25)18-7-2-3-8-18/h4,6,9,16,18H,2-3,5,7-8,10-15H2,1H3. The molecule has 1 aromatic carbocycles. The van der Waals surface area contributed by atoms with Crippen LogP contribution in [0.2, 0.25) is 0 Å². The highest BCUT2D eigenvalue weighted by Crippen LogP contribution is 2.27. The molecule has 0 radical (unpaired) electrons. The summed E-state index contributed by atoms with van der Waals surface area (Å²) in [5.41, 5.74) is 1.12.